The fourth-order valence-electron chi connectivity index (χ4n) is 4.43. The summed E-state index contributed by atoms with van der Waals surface area (Å²) in [6.45, 7) is 2.98. The fraction of sp³-hybridized carbons (Fsp3) is 0.320. The van der Waals surface area contributed by atoms with Gasteiger partial charge in [0.25, 0.3) is 0 Å². The van der Waals surface area contributed by atoms with E-state index >= 15 is 0 Å². The number of hydrogen-bond donors (Lipinski definition) is 1. The van der Waals surface area contributed by atoms with Crippen LogP contribution >= 0.6 is 23.5 Å². The molecule has 0 radical (unpaired) electrons. The molecule has 1 unspecified atom stereocenters. The number of para-hydroxylation sites is 2. The van der Waals surface area contributed by atoms with Crippen molar-refractivity contribution in [1.82, 2.24) is 19.7 Å². The van der Waals surface area contributed by atoms with Crippen LogP contribution in [0.1, 0.15) is 32.2 Å². The molecule has 1 saturated carbocycles. The van der Waals surface area contributed by atoms with Gasteiger partial charge >= 0.3 is 0 Å². The molecule has 3 heterocycles. The van der Waals surface area contributed by atoms with Gasteiger partial charge in [-0.05, 0) is 37.5 Å². The molecule has 0 spiro atoms. The maximum Gasteiger partial charge on any atom is 0.237 e. The molecule has 2 aromatic carbocycles. The van der Waals surface area contributed by atoms with Gasteiger partial charge in [-0.3, -0.25) is 9.36 Å². The lowest BCUT2D eigenvalue weighted by molar-refractivity contribution is -0.116. The molecule has 1 aliphatic heterocycles. The fourth-order valence-corrected chi connectivity index (χ4v) is 6.42. The number of H-pyrrole nitrogens is 1. The van der Waals surface area contributed by atoms with Crippen LogP contribution < -0.4 is 4.90 Å². The quantitative estimate of drug-likeness (QED) is 0.371. The number of rotatable bonds is 5. The van der Waals surface area contributed by atoms with E-state index in [4.69, 9.17) is 0 Å². The number of carbonyl (C=O) groups is 1. The molecule has 8 heteroatoms. The Morgan fingerprint density at radius 2 is 1.94 bits per heavy atom. The molecule has 1 amide bonds. The third-order valence-electron chi connectivity index (χ3n) is 6.28. The molecule has 4 aromatic rings. The molecule has 1 fully saturated rings. The van der Waals surface area contributed by atoms with Crippen LogP contribution in [0, 0.1) is 0 Å². The number of benzene rings is 2. The monoisotopic (exact) mass is 475 g/mol. The second-order valence-corrected chi connectivity index (χ2v) is 11.1. The summed E-state index contributed by atoms with van der Waals surface area (Å²) < 4.78 is 2.24. The van der Waals surface area contributed by atoms with Gasteiger partial charge in [0, 0.05) is 45.4 Å². The van der Waals surface area contributed by atoms with E-state index in [0.717, 1.165) is 58.9 Å². The summed E-state index contributed by atoms with van der Waals surface area (Å²) in [6, 6.07) is 16.9. The second kappa shape index (κ2) is 8.57. The molecule has 33 heavy (non-hydrogen) atoms. The lowest BCUT2D eigenvalue weighted by atomic mass is 10.1. The Labute approximate surface area is 201 Å². The van der Waals surface area contributed by atoms with Gasteiger partial charge in [-0.15, -0.1) is 22.0 Å². The highest BCUT2D eigenvalue weighted by atomic mass is 32.2. The number of aromatic amines is 1. The first-order valence-corrected chi connectivity index (χ1v) is 13.3. The minimum absolute atomic E-state index is 0.126. The van der Waals surface area contributed by atoms with E-state index in [0.29, 0.717) is 17.0 Å². The van der Waals surface area contributed by atoms with Crippen LogP contribution in [-0.4, -0.2) is 43.2 Å². The van der Waals surface area contributed by atoms with Gasteiger partial charge in [-0.1, -0.05) is 49.0 Å². The molecule has 168 valence electrons. The topological polar surface area (TPSA) is 66.8 Å². The van der Waals surface area contributed by atoms with E-state index in [1.807, 2.05) is 47.1 Å². The van der Waals surface area contributed by atoms with E-state index in [9.17, 15) is 4.79 Å². The lowest BCUT2D eigenvalue weighted by Crippen LogP contribution is -2.33. The maximum atomic E-state index is 13.3. The van der Waals surface area contributed by atoms with Gasteiger partial charge in [0.2, 0.25) is 5.91 Å². The highest BCUT2D eigenvalue weighted by Crippen LogP contribution is 2.42. The molecule has 6 rings (SSSR count). The summed E-state index contributed by atoms with van der Waals surface area (Å²) >= 11 is 3.36. The predicted octanol–water partition coefficient (Wildman–Crippen LogP) is 5.77. The zero-order valence-corrected chi connectivity index (χ0v) is 20.0. The molecule has 1 aliphatic carbocycles. The van der Waals surface area contributed by atoms with Crippen molar-refractivity contribution in [3.05, 3.63) is 54.7 Å². The zero-order valence-electron chi connectivity index (χ0n) is 18.4. The third-order valence-corrected chi connectivity index (χ3v) is 8.44. The van der Waals surface area contributed by atoms with Crippen molar-refractivity contribution >= 4 is 46.0 Å². The summed E-state index contributed by atoms with van der Waals surface area (Å²) in [5.41, 5.74) is 3.19. The number of fused-ring (bicyclic) bond motifs is 2. The van der Waals surface area contributed by atoms with E-state index in [1.54, 1.807) is 0 Å². The standard InChI is InChI=1S/C25H25N5OS2/c1-16-12-13-29(21-8-4-5-9-22(21)33-16)23(31)15-32-25-28-27-24(30(25)17-10-11-17)19-14-26-20-7-3-2-6-18(19)20/h2-9,14,16-17,26H,10-13,15H2,1H3. The van der Waals surface area contributed by atoms with Gasteiger partial charge in [0.15, 0.2) is 11.0 Å². The Bertz CT molecular complexity index is 1330. The third kappa shape index (κ3) is 3.95. The van der Waals surface area contributed by atoms with Crippen LogP contribution in [0.4, 0.5) is 5.69 Å². The van der Waals surface area contributed by atoms with Gasteiger partial charge in [0.05, 0.1) is 11.4 Å². The highest BCUT2D eigenvalue weighted by Gasteiger charge is 2.32. The van der Waals surface area contributed by atoms with Crippen molar-refractivity contribution in [1.29, 1.82) is 0 Å². The Balaban J connectivity index is 1.26. The zero-order chi connectivity index (χ0) is 22.4. The van der Waals surface area contributed by atoms with E-state index < -0.39 is 0 Å². The number of aromatic nitrogens is 4. The van der Waals surface area contributed by atoms with Crippen LogP contribution in [0.2, 0.25) is 0 Å². The maximum absolute atomic E-state index is 13.3. The Hall–Kier alpha value is -2.71. The minimum atomic E-state index is 0.126. The summed E-state index contributed by atoms with van der Waals surface area (Å²) in [5, 5.41) is 11.6. The van der Waals surface area contributed by atoms with Gasteiger partial charge in [0.1, 0.15) is 0 Å². The van der Waals surface area contributed by atoms with Crippen molar-refractivity contribution in [2.24, 2.45) is 0 Å². The van der Waals surface area contributed by atoms with Crippen molar-refractivity contribution in [3.8, 4) is 11.4 Å². The van der Waals surface area contributed by atoms with Gasteiger partial charge in [-0.25, -0.2) is 0 Å². The molecular formula is C25H25N5OS2. The van der Waals surface area contributed by atoms with Crippen LogP contribution in [-0.2, 0) is 4.79 Å². The molecule has 0 saturated heterocycles. The molecule has 6 nitrogen and oxygen atoms in total. The molecule has 1 N–H and O–H groups in total. The van der Waals surface area contributed by atoms with E-state index in [-0.39, 0.29) is 5.91 Å². The predicted molar refractivity (Wildman–Crippen MR) is 135 cm³/mol. The second-order valence-electron chi connectivity index (χ2n) is 8.67. The van der Waals surface area contributed by atoms with Crippen molar-refractivity contribution < 1.29 is 4.79 Å². The molecule has 1 atom stereocenters. The summed E-state index contributed by atoms with van der Waals surface area (Å²) in [5.74, 6) is 1.36. The van der Waals surface area contributed by atoms with Gasteiger partial charge < -0.3 is 9.88 Å². The Morgan fingerprint density at radius 1 is 1.12 bits per heavy atom. The average molecular weight is 476 g/mol. The molecular weight excluding hydrogens is 450 g/mol. The number of carbonyl (C=O) groups excluding carboxylic acids is 1. The summed E-state index contributed by atoms with van der Waals surface area (Å²) in [7, 11) is 0. The molecule has 2 aromatic heterocycles. The lowest BCUT2D eigenvalue weighted by Gasteiger charge is -2.22. The Morgan fingerprint density at radius 3 is 2.82 bits per heavy atom. The van der Waals surface area contributed by atoms with E-state index in [2.05, 4.69) is 50.9 Å². The van der Waals surface area contributed by atoms with Crippen LogP contribution in [0.3, 0.4) is 0 Å². The largest absolute Gasteiger partial charge is 0.360 e. The normalized spacial score (nSPS) is 18.3. The number of amides is 1. The van der Waals surface area contributed by atoms with Crippen LogP contribution in [0.5, 0.6) is 0 Å². The number of nitrogens with zero attached hydrogens (tertiary/aromatic N) is 4. The molecule has 2 aliphatic rings. The van der Waals surface area contributed by atoms with Crippen LogP contribution in [0.25, 0.3) is 22.3 Å². The summed E-state index contributed by atoms with van der Waals surface area (Å²) in [6.07, 6.45) is 5.26. The highest BCUT2D eigenvalue weighted by molar-refractivity contribution is 8.00. The smallest absolute Gasteiger partial charge is 0.237 e. The van der Waals surface area contributed by atoms with E-state index in [1.165, 1.54) is 16.7 Å². The average Bonchev–Trinajstić information content (AvgIpc) is 3.48. The number of thioether (sulfide) groups is 2. The van der Waals surface area contributed by atoms with Crippen LogP contribution in [0.15, 0.2) is 64.8 Å². The van der Waals surface area contributed by atoms with Gasteiger partial charge in [-0.2, -0.15) is 0 Å². The van der Waals surface area contributed by atoms with Crippen molar-refractivity contribution in [2.45, 2.75) is 47.5 Å². The SMILES string of the molecule is CC1CCN(C(=O)CSc2nnc(-c3c[nH]c4ccccc34)n2C2CC2)c2ccccc2S1. The first-order valence-electron chi connectivity index (χ1n) is 11.4. The number of hydrogen-bond acceptors (Lipinski definition) is 5. The number of nitrogens with one attached hydrogen (secondary N) is 1. The summed E-state index contributed by atoms with van der Waals surface area (Å²) in [4.78, 5) is 19.8. The van der Waals surface area contributed by atoms with Crippen molar-refractivity contribution in [2.75, 3.05) is 17.2 Å². The number of anilines is 1. The Kier molecular flexibility index (Phi) is 5.42. The molecule has 0 bridgehead atoms. The minimum Gasteiger partial charge on any atom is -0.360 e. The first kappa shape index (κ1) is 20.9. The first-order chi connectivity index (χ1) is 16.2. The van der Waals surface area contributed by atoms with Crippen molar-refractivity contribution in [3.63, 3.8) is 0 Å².